The molecule has 0 aliphatic heterocycles. The summed E-state index contributed by atoms with van der Waals surface area (Å²) in [6.45, 7) is 0.0651. The minimum atomic E-state index is -4.59. The number of halogens is 3. The fraction of sp³-hybridized carbons (Fsp3) is 0.650. The number of rotatable bonds is 7. The second-order valence-corrected chi connectivity index (χ2v) is 9.01. The summed E-state index contributed by atoms with van der Waals surface area (Å²) < 4.78 is 41.0. The molecule has 8 heteroatoms. The van der Waals surface area contributed by atoms with Crippen LogP contribution in [0.3, 0.4) is 0 Å². The molecule has 0 aromatic heterocycles. The van der Waals surface area contributed by atoms with Crippen LogP contribution in [0.5, 0.6) is 0 Å². The van der Waals surface area contributed by atoms with Gasteiger partial charge in [-0.2, -0.15) is 13.2 Å². The summed E-state index contributed by atoms with van der Waals surface area (Å²) in [4.78, 5) is 12.0. The van der Waals surface area contributed by atoms with Crippen molar-refractivity contribution in [2.75, 3.05) is 0 Å². The summed E-state index contributed by atoms with van der Waals surface area (Å²) in [7, 11) is 0. The number of ether oxygens (including phenoxy) is 1. The van der Waals surface area contributed by atoms with Crippen LogP contribution in [0.25, 0.3) is 0 Å². The maximum absolute atomic E-state index is 12.2. The van der Waals surface area contributed by atoms with Crippen LogP contribution in [0, 0.1) is 23.0 Å². The van der Waals surface area contributed by atoms with Crippen molar-refractivity contribution in [3.05, 3.63) is 35.0 Å². The molecule has 1 aromatic rings. The van der Waals surface area contributed by atoms with Gasteiger partial charge in [-0.05, 0) is 61.1 Å². The maximum atomic E-state index is 12.2. The van der Waals surface area contributed by atoms with Crippen molar-refractivity contribution in [1.29, 1.82) is 0 Å². The number of benzene rings is 1. The Bertz CT molecular complexity index is 641. The van der Waals surface area contributed by atoms with Gasteiger partial charge < -0.3 is 9.94 Å². The third-order valence-corrected chi connectivity index (χ3v) is 6.43. The number of hydrogen-bond donors (Lipinski definition) is 1. The molecule has 2 bridgehead atoms. The van der Waals surface area contributed by atoms with Crippen molar-refractivity contribution in [1.82, 2.24) is 0 Å². The largest absolute Gasteiger partial charge is 0.616 e. The second-order valence-electron chi connectivity index (χ2n) is 7.97. The van der Waals surface area contributed by atoms with Crippen LogP contribution in [0.4, 0.5) is 18.9 Å². The first-order chi connectivity index (χ1) is 13.3. The van der Waals surface area contributed by atoms with Crippen LogP contribution in [-0.2, 0) is 16.1 Å². The van der Waals surface area contributed by atoms with Crippen LogP contribution >= 0.6 is 11.9 Å². The quantitative estimate of drug-likeness (QED) is 0.389. The molecule has 3 atom stereocenters. The highest BCUT2D eigenvalue weighted by molar-refractivity contribution is 7.94. The van der Waals surface area contributed by atoms with Crippen LogP contribution in [0.2, 0.25) is 0 Å². The van der Waals surface area contributed by atoms with Gasteiger partial charge in [0.2, 0.25) is 0 Å². The fourth-order valence-corrected chi connectivity index (χ4v) is 5.03. The molecule has 2 saturated carbocycles. The molecule has 0 saturated heterocycles. The second kappa shape index (κ2) is 9.50. The molecule has 3 rings (SSSR count). The van der Waals surface area contributed by atoms with E-state index in [1.807, 2.05) is 0 Å². The highest BCUT2D eigenvalue weighted by atomic mass is 32.2. The molecule has 2 fully saturated rings. The fourth-order valence-electron chi connectivity index (χ4n) is 4.56. The summed E-state index contributed by atoms with van der Waals surface area (Å²) >= 11 is -0.664. The van der Waals surface area contributed by atoms with Crippen LogP contribution in [-0.4, -0.2) is 11.5 Å². The molecular weight excluding hydrogens is 391 g/mol. The minimum Gasteiger partial charge on any atom is -0.616 e. The van der Waals surface area contributed by atoms with Gasteiger partial charge in [0.05, 0.1) is 0 Å². The lowest BCUT2D eigenvalue weighted by Crippen LogP contribution is -2.95. The smallest absolute Gasteiger partial charge is 0.497 e. The van der Waals surface area contributed by atoms with Crippen LogP contribution in [0.1, 0.15) is 56.9 Å². The zero-order valence-electron chi connectivity index (χ0n) is 15.7. The predicted molar refractivity (Wildman–Crippen MR) is 101 cm³/mol. The molecule has 2 aliphatic carbocycles. The third kappa shape index (κ3) is 6.67. The molecule has 4 nitrogen and oxygen atoms in total. The van der Waals surface area contributed by atoms with Gasteiger partial charge in [-0.3, -0.25) is 9.26 Å². The van der Waals surface area contributed by atoms with Gasteiger partial charge in [-0.15, -0.1) is 0 Å². The number of quaternary nitrogens is 1. The first kappa shape index (κ1) is 21.5. The molecule has 2 aliphatic rings. The van der Waals surface area contributed by atoms with Gasteiger partial charge in [0.25, 0.3) is 0 Å². The van der Waals surface area contributed by atoms with Crippen molar-refractivity contribution in [3.63, 3.8) is 0 Å². The normalized spacial score (nSPS) is 25.9. The highest BCUT2D eigenvalue weighted by Crippen LogP contribution is 2.43. The standard InChI is InChI=1S/C20H26F3NO3S/c21-20(22,23)28-24(26)18-7-4-14(5-8-18)13-27-19(25)9-6-17-11-15-2-1-3-16(10-15)12-17/h4-5,7-8,15-17,24H,1-3,6,9-13H2. The maximum Gasteiger partial charge on any atom is 0.497 e. The van der Waals surface area contributed by atoms with Gasteiger partial charge in [-0.25, -0.2) is 0 Å². The van der Waals surface area contributed by atoms with Crippen molar-refractivity contribution in [3.8, 4) is 0 Å². The lowest BCUT2D eigenvalue weighted by atomic mass is 9.67. The Hall–Kier alpha value is -1.25. The number of carbonyl (C=O) groups excluding carboxylic acids is 1. The Morgan fingerprint density at radius 1 is 1.14 bits per heavy atom. The highest BCUT2D eigenvalue weighted by Gasteiger charge is 2.35. The van der Waals surface area contributed by atoms with E-state index in [2.05, 4.69) is 0 Å². The molecule has 1 N–H and O–H groups in total. The molecule has 0 amide bonds. The van der Waals surface area contributed by atoms with E-state index >= 15 is 0 Å². The van der Waals surface area contributed by atoms with E-state index in [1.54, 1.807) is 0 Å². The van der Waals surface area contributed by atoms with Crippen molar-refractivity contribution >= 4 is 23.6 Å². The van der Waals surface area contributed by atoms with Crippen molar-refractivity contribution in [2.24, 2.45) is 17.8 Å². The topological polar surface area (TPSA) is 53.8 Å². The summed E-state index contributed by atoms with van der Waals surface area (Å²) in [5, 5.41) is 11.5. The number of esters is 1. The third-order valence-electron chi connectivity index (χ3n) is 5.78. The Morgan fingerprint density at radius 3 is 2.39 bits per heavy atom. The van der Waals surface area contributed by atoms with E-state index in [1.165, 1.54) is 62.8 Å². The summed E-state index contributed by atoms with van der Waals surface area (Å²) in [6.07, 6.45) is 9.11. The Kier molecular flexibility index (Phi) is 7.28. The molecule has 3 unspecified atom stereocenters. The molecule has 1 aromatic carbocycles. The van der Waals surface area contributed by atoms with E-state index in [-0.39, 0.29) is 18.3 Å². The molecule has 0 heterocycles. The van der Waals surface area contributed by atoms with Crippen LogP contribution in [0.15, 0.2) is 24.3 Å². The number of hydrogen-bond acceptors (Lipinski definition) is 4. The minimum absolute atomic E-state index is 0.0275. The average Bonchev–Trinajstić information content (AvgIpc) is 2.63. The zero-order chi connectivity index (χ0) is 20.1. The lowest BCUT2D eigenvalue weighted by Gasteiger charge is -2.39. The molecule has 0 radical (unpaired) electrons. The van der Waals surface area contributed by atoms with E-state index in [0.717, 1.165) is 18.3 Å². The van der Waals surface area contributed by atoms with E-state index in [9.17, 15) is 23.2 Å². The lowest BCUT2D eigenvalue weighted by molar-refractivity contribution is -0.614. The average molecular weight is 417 g/mol. The molecule has 0 spiro atoms. The number of alkyl halides is 3. The Balaban J connectivity index is 1.38. The van der Waals surface area contributed by atoms with Gasteiger partial charge in [0.1, 0.15) is 12.3 Å². The molecular formula is C20H26F3NO3S. The monoisotopic (exact) mass is 417 g/mol. The van der Waals surface area contributed by atoms with E-state index in [0.29, 0.717) is 17.9 Å². The zero-order valence-corrected chi connectivity index (χ0v) is 16.5. The van der Waals surface area contributed by atoms with Crippen molar-refractivity contribution in [2.45, 2.75) is 63.5 Å². The number of carbonyl (C=O) groups is 1. The number of nitrogens with one attached hydrogen (secondary N) is 1. The van der Waals surface area contributed by atoms with Gasteiger partial charge in [0, 0.05) is 18.6 Å². The van der Waals surface area contributed by atoms with Gasteiger partial charge >= 0.3 is 11.5 Å². The van der Waals surface area contributed by atoms with Gasteiger partial charge in [0.15, 0.2) is 11.9 Å². The SMILES string of the molecule is O=C(CCC1CC2CCCC(C2)C1)OCc1ccc([NH+]([O-])SC(F)(F)F)cc1. The predicted octanol–water partition coefficient (Wildman–Crippen LogP) is 4.91. The first-order valence-electron chi connectivity index (χ1n) is 9.83. The van der Waals surface area contributed by atoms with E-state index in [4.69, 9.17) is 4.74 Å². The van der Waals surface area contributed by atoms with Crippen LogP contribution < -0.4 is 4.47 Å². The first-order valence-corrected chi connectivity index (χ1v) is 10.6. The Labute approximate surface area is 167 Å². The summed E-state index contributed by atoms with van der Waals surface area (Å²) in [5.74, 6) is 2.05. The summed E-state index contributed by atoms with van der Waals surface area (Å²) in [6, 6.07) is 5.68. The Morgan fingerprint density at radius 2 is 1.79 bits per heavy atom. The number of fused-ring (bicyclic) bond motifs is 2. The van der Waals surface area contributed by atoms with Gasteiger partial charge in [-0.1, -0.05) is 19.3 Å². The van der Waals surface area contributed by atoms with Crippen molar-refractivity contribution < 1.29 is 27.2 Å². The summed E-state index contributed by atoms with van der Waals surface area (Å²) in [5.41, 5.74) is -3.98. The molecule has 156 valence electrons. The van der Waals surface area contributed by atoms with E-state index < -0.39 is 21.9 Å². The molecule has 28 heavy (non-hydrogen) atoms.